The minimum Gasteiger partial charge on any atom is -0.493 e. The van der Waals surface area contributed by atoms with Crippen LogP contribution in [0.2, 0.25) is 5.02 Å². The van der Waals surface area contributed by atoms with E-state index in [1.807, 2.05) is 19.1 Å². The summed E-state index contributed by atoms with van der Waals surface area (Å²) < 4.78 is 11.8. The summed E-state index contributed by atoms with van der Waals surface area (Å²) in [5.74, 6) is 0.686. The lowest BCUT2D eigenvalue weighted by Crippen LogP contribution is -2.27. The number of methoxy groups -OCH3 is 2. The monoisotopic (exact) mass is 469 g/mol. The number of halogens is 1. The van der Waals surface area contributed by atoms with Crippen molar-refractivity contribution in [1.29, 1.82) is 0 Å². The number of fused-ring (bicyclic) bond motifs is 1. The van der Waals surface area contributed by atoms with Crippen LogP contribution in [-0.2, 0) is 11.3 Å². The van der Waals surface area contributed by atoms with Crippen molar-refractivity contribution in [2.75, 3.05) is 19.5 Å². The predicted octanol–water partition coefficient (Wildman–Crippen LogP) is 4.74. The summed E-state index contributed by atoms with van der Waals surface area (Å²) in [6.45, 7) is 1.77. The Morgan fingerprint density at radius 3 is 2.53 bits per heavy atom. The second-order valence-electron chi connectivity index (χ2n) is 7.02. The number of carbonyl (C=O) groups is 1. The second kappa shape index (κ2) is 9.02. The third kappa shape index (κ3) is 4.19. The molecule has 2 aromatic heterocycles. The molecule has 0 atom stereocenters. The van der Waals surface area contributed by atoms with Gasteiger partial charge in [0.25, 0.3) is 5.56 Å². The van der Waals surface area contributed by atoms with Gasteiger partial charge in [-0.1, -0.05) is 23.7 Å². The lowest BCUT2D eigenvalue weighted by Gasteiger charge is -2.11. The summed E-state index contributed by atoms with van der Waals surface area (Å²) in [4.78, 5) is 31.9. The van der Waals surface area contributed by atoms with Crippen molar-refractivity contribution < 1.29 is 14.3 Å². The molecule has 1 amide bonds. The third-order valence-electron chi connectivity index (χ3n) is 4.97. The second-order valence-corrected chi connectivity index (χ2v) is 8.66. The van der Waals surface area contributed by atoms with Crippen LogP contribution < -0.4 is 20.3 Å². The molecular formula is C23H20ClN3O4S. The highest BCUT2D eigenvalue weighted by atomic mass is 35.5. The first kappa shape index (κ1) is 21.9. The number of aromatic nitrogens is 2. The van der Waals surface area contributed by atoms with E-state index >= 15 is 0 Å². The summed E-state index contributed by atoms with van der Waals surface area (Å²) in [5, 5.41) is 3.89. The molecule has 2 aromatic carbocycles. The van der Waals surface area contributed by atoms with Crippen molar-refractivity contribution in [3.05, 3.63) is 69.0 Å². The molecule has 0 saturated carbocycles. The third-order valence-corrected chi connectivity index (χ3v) is 6.23. The highest BCUT2D eigenvalue weighted by Gasteiger charge is 2.18. The maximum absolute atomic E-state index is 13.3. The standard InChI is InChI=1S/C23H20ClN3O4S/c1-13-20(14-4-6-15(24)7-5-14)21-22(32-13)25-12-27(23(21)29)11-19(28)26-16-8-9-17(30-2)18(10-16)31-3/h4-10,12H,11H2,1-3H3,(H,26,28). The van der Waals surface area contributed by atoms with Crippen LogP contribution in [0.4, 0.5) is 5.69 Å². The number of nitrogens with one attached hydrogen (secondary N) is 1. The average molecular weight is 470 g/mol. The lowest BCUT2D eigenvalue weighted by molar-refractivity contribution is -0.116. The number of hydrogen-bond acceptors (Lipinski definition) is 6. The van der Waals surface area contributed by atoms with Crippen LogP contribution in [0, 0.1) is 6.92 Å². The first-order chi connectivity index (χ1) is 15.4. The van der Waals surface area contributed by atoms with E-state index in [4.69, 9.17) is 21.1 Å². The van der Waals surface area contributed by atoms with Gasteiger partial charge < -0.3 is 14.8 Å². The maximum Gasteiger partial charge on any atom is 0.263 e. The molecule has 4 rings (SSSR count). The Labute approximate surface area is 193 Å². The SMILES string of the molecule is COc1ccc(NC(=O)Cn2cnc3sc(C)c(-c4ccc(Cl)cc4)c3c2=O)cc1OC. The van der Waals surface area contributed by atoms with Crippen LogP contribution in [0.1, 0.15) is 4.88 Å². The summed E-state index contributed by atoms with van der Waals surface area (Å²) in [5.41, 5.74) is 1.95. The quantitative estimate of drug-likeness (QED) is 0.441. The lowest BCUT2D eigenvalue weighted by atomic mass is 10.0. The Hall–Kier alpha value is -3.36. The summed E-state index contributed by atoms with van der Waals surface area (Å²) in [6.07, 6.45) is 1.40. The van der Waals surface area contributed by atoms with Gasteiger partial charge in [0.05, 0.1) is 25.9 Å². The van der Waals surface area contributed by atoms with E-state index in [0.29, 0.717) is 32.4 Å². The van der Waals surface area contributed by atoms with Crippen LogP contribution in [-0.4, -0.2) is 29.7 Å². The molecule has 1 N–H and O–H groups in total. The van der Waals surface area contributed by atoms with Crippen LogP contribution in [0.25, 0.3) is 21.3 Å². The Morgan fingerprint density at radius 1 is 1.12 bits per heavy atom. The first-order valence-corrected chi connectivity index (χ1v) is 10.9. The highest BCUT2D eigenvalue weighted by molar-refractivity contribution is 7.19. The van der Waals surface area contributed by atoms with Crippen molar-refractivity contribution in [1.82, 2.24) is 9.55 Å². The van der Waals surface area contributed by atoms with Gasteiger partial charge in [-0.3, -0.25) is 14.2 Å². The number of hydrogen-bond donors (Lipinski definition) is 1. The summed E-state index contributed by atoms with van der Waals surface area (Å²) in [7, 11) is 3.06. The highest BCUT2D eigenvalue weighted by Crippen LogP contribution is 2.36. The zero-order valence-corrected chi connectivity index (χ0v) is 19.2. The normalized spacial score (nSPS) is 10.9. The Kier molecular flexibility index (Phi) is 6.16. The number of carbonyl (C=O) groups excluding carboxylic acids is 1. The fourth-order valence-electron chi connectivity index (χ4n) is 3.48. The fraction of sp³-hybridized carbons (Fsp3) is 0.174. The summed E-state index contributed by atoms with van der Waals surface area (Å²) in [6, 6.07) is 12.4. The van der Waals surface area contributed by atoms with E-state index in [-0.39, 0.29) is 18.0 Å². The van der Waals surface area contributed by atoms with Gasteiger partial charge in [-0.05, 0) is 36.8 Å². The van der Waals surface area contributed by atoms with Crippen LogP contribution in [0.15, 0.2) is 53.6 Å². The van der Waals surface area contributed by atoms with Gasteiger partial charge in [0.2, 0.25) is 5.91 Å². The Bertz CT molecular complexity index is 1360. The minimum atomic E-state index is -0.361. The molecule has 0 aliphatic heterocycles. The van der Waals surface area contributed by atoms with Crippen LogP contribution in [0.3, 0.4) is 0 Å². The van der Waals surface area contributed by atoms with Gasteiger partial charge in [0, 0.05) is 27.2 Å². The zero-order valence-electron chi connectivity index (χ0n) is 17.6. The molecule has 0 radical (unpaired) electrons. The molecule has 0 bridgehead atoms. The van der Waals surface area contributed by atoms with Crippen molar-refractivity contribution in [3.63, 3.8) is 0 Å². The molecule has 7 nitrogen and oxygen atoms in total. The van der Waals surface area contributed by atoms with E-state index in [1.54, 1.807) is 30.3 Å². The summed E-state index contributed by atoms with van der Waals surface area (Å²) >= 11 is 7.46. The molecule has 0 fully saturated rings. The van der Waals surface area contributed by atoms with Gasteiger partial charge in [0.1, 0.15) is 11.4 Å². The smallest absolute Gasteiger partial charge is 0.263 e. The van der Waals surface area contributed by atoms with E-state index in [9.17, 15) is 9.59 Å². The average Bonchev–Trinajstić information content (AvgIpc) is 3.12. The van der Waals surface area contributed by atoms with Gasteiger partial charge >= 0.3 is 0 Å². The van der Waals surface area contributed by atoms with Gasteiger partial charge in [-0.15, -0.1) is 11.3 Å². The molecule has 32 heavy (non-hydrogen) atoms. The molecule has 2 heterocycles. The van der Waals surface area contributed by atoms with Crippen LogP contribution in [0.5, 0.6) is 11.5 Å². The molecule has 0 aliphatic rings. The van der Waals surface area contributed by atoms with Crippen molar-refractivity contribution in [2.24, 2.45) is 0 Å². The molecule has 0 saturated heterocycles. The topological polar surface area (TPSA) is 82.5 Å². The van der Waals surface area contributed by atoms with Crippen molar-refractivity contribution in [2.45, 2.75) is 13.5 Å². The van der Waals surface area contributed by atoms with E-state index in [2.05, 4.69) is 10.3 Å². The molecule has 0 aliphatic carbocycles. The maximum atomic E-state index is 13.3. The fourth-order valence-corrected chi connectivity index (χ4v) is 4.61. The number of aryl methyl sites for hydroxylation is 1. The van der Waals surface area contributed by atoms with Gasteiger partial charge in [0.15, 0.2) is 11.5 Å². The first-order valence-electron chi connectivity index (χ1n) is 9.67. The number of benzene rings is 2. The van der Waals surface area contributed by atoms with E-state index in [1.165, 1.54) is 36.5 Å². The molecule has 0 unspecified atom stereocenters. The molecule has 4 aromatic rings. The molecule has 164 valence electrons. The number of rotatable bonds is 6. The Balaban J connectivity index is 1.65. The van der Waals surface area contributed by atoms with Crippen molar-refractivity contribution >= 4 is 44.7 Å². The zero-order chi connectivity index (χ0) is 22.8. The van der Waals surface area contributed by atoms with E-state index in [0.717, 1.165) is 16.0 Å². The number of thiophene rings is 1. The number of nitrogens with zero attached hydrogens (tertiary/aromatic N) is 2. The Morgan fingerprint density at radius 2 is 1.84 bits per heavy atom. The minimum absolute atomic E-state index is 0.176. The molecular weight excluding hydrogens is 450 g/mol. The molecule has 0 spiro atoms. The van der Waals surface area contributed by atoms with Gasteiger partial charge in [-0.2, -0.15) is 0 Å². The number of ether oxygens (including phenoxy) is 2. The van der Waals surface area contributed by atoms with Gasteiger partial charge in [-0.25, -0.2) is 4.98 Å². The molecule has 9 heteroatoms. The van der Waals surface area contributed by atoms with E-state index < -0.39 is 0 Å². The predicted molar refractivity (Wildman–Crippen MR) is 127 cm³/mol. The van der Waals surface area contributed by atoms with Crippen LogP contribution >= 0.6 is 22.9 Å². The largest absolute Gasteiger partial charge is 0.493 e. The van der Waals surface area contributed by atoms with Crippen molar-refractivity contribution in [3.8, 4) is 22.6 Å². The number of anilines is 1. The number of amides is 1.